The van der Waals surface area contributed by atoms with Crippen molar-refractivity contribution in [2.24, 2.45) is 11.8 Å². The quantitative estimate of drug-likeness (QED) is 0.131. The Kier molecular flexibility index (Phi) is 11.3. The van der Waals surface area contributed by atoms with Crippen molar-refractivity contribution in [2.45, 2.75) is 81.3 Å². The van der Waals surface area contributed by atoms with Crippen molar-refractivity contribution in [3.05, 3.63) is 29.3 Å². The highest BCUT2D eigenvalue weighted by Crippen LogP contribution is 2.39. The number of aliphatic hydroxyl groups is 2. The first-order chi connectivity index (χ1) is 15.2. The minimum absolute atomic E-state index is 0.0461. The van der Waals surface area contributed by atoms with Gasteiger partial charge in [-0.05, 0) is 43.9 Å². The highest BCUT2D eigenvalue weighted by molar-refractivity contribution is 7.99. The fourth-order valence-corrected chi connectivity index (χ4v) is 5.34. The Morgan fingerprint density at radius 3 is 2.41 bits per heavy atom. The van der Waals surface area contributed by atoms with E-state index in [1.165, 1.54) is 7.11 Å². The van der Waals surface area contributed by atoms with Gasteiger partial charge in [0, 0.05) is 18.2 Å². The minimum Gasteiger partial charge on any atom is -0.469 e. The van der Waals surface area contributed by atoms with Crippen LogP contribution in [0.2, 0.25) is 0 Å². The van der Waals surface area contributed by atoms with Gasteiger partial charge in [-0.15, -0.1) is 11.8 Å². The SMILES string of the molecule is COC(=O)CCCCCCC1CC[C@@H](O)C1CCC(O)CSc1c(F)c(F)cc(F)c1F. The van der Waals surface area contributed by atoms with Crippen LogP contribution in [-0.2, 0) is 9.53 Å². The first-order valence-corrected chi connectivity index (χ1v) is 12.1. The predicted octanol–water partition coefficient (Wildman–Crippen LogP) is 5.38. The number of carbonyl (C=O) groups is 1. The summed E-state index contributed by atoms with van der Waals surface area (Å²) in [6.07, 6.45) is 6.28. The molecule has 9 heteroatoms. The fraction of sp³-hybridized carbons (Fsp3) is 0.696. The second kappa shape index (κ2) is 13.4. The number of rotatable bonds is 13. The molecule has 1 fully saturated rings. The van der Waals surface area contributed by atoms with E-state index in [0.29, 0.717) is 43.4 Å². The van der Waals surface area contributed by atoms with E-state index in [1.807, 2.05) is 0 Å². The van der Waals surface area contributed by atoms with Crippen LogP contribution in [0.5, 0.6) is 0 Å². The molecule has 1 aromatic carbocycles. The van der Waals surface area contributed by atoms with Gasteiger partial charge in [-0.2, -0.15) is 0 Å². The number of benzene rings is 1. The molecule has 0 saturated heterocycles. The first-order valence-electron chi connectivity index (χ1n) is 11.1. The Morgan fingerprint density at radius 1 is 1.09 bits per heavy atom. The molecule has 0 spiro atoms. The zero-order valence-corrected chi connectivity index (χ0v) is 19.1. The van der Waals surface area contributed by atoms with Gasteiger partial charge in [0.05, 0.1) is 24.2 Å². The minimum atomic E-state index is -1.47. The van der Waals surface area contributed by atoms with Crippen molar-refractivity contribution < 1.29 is 37.3 Å². The average Bonchev–Trinajstić information content (AvgIpc) is 3.12. The number of unbranched alkanes of at least 4 members (excludes halogenated alkanes) is 3. The maximum atomic E-state index is 13.7. The van der Waals surface area contributed by atoms with Gasteiger partial charge in [-0.3, -0.25) is 4.79 Å². The third kappa shape index (κ3) is 7.92. The fourth-order valence-electron chi connectivity index (χ4n) is 4.37. The number of aliphatic hydroxyl groups excluding tert-OH is 2. The van der Waals surface area contributed by atoms with E-state index in [0.717, 1.165) is 38.5 Å². The van der Waals surface area contributed by atoms with Crippen LogP contribution in [0.1, 0.15) is 64.2 Å². The molecule has 1 aromatic rings. The first kappa shape index (κ1) is 26.9. The highest BCUT2D eigenvalue weighted by atomic mass is 32.2. The van der Waals surface area contributed by atoms with Crippen LogP contribution in [0, 0.1) is 35.1 Å². The number of hydrogen-bond acceptors (Lipinski definition) is 5. The largest absolute Gasteiger partial charge is 0.469 e. The zero-order valence-electron chi connectivity index (χ0n) is 18.3. The molecular formula is C23H32F4O4S. The Labute approximate surface area is 190 Å². The van der Waals surface area contributed by atoms with E-state index >= 15 is 0 Å². The normalized spacial score (nSPS) is 21.7. The topological polar surface area (TPSA) is 66.8 Å². The summed E-state index contributed by atoms with van der Waals surface area (Å²) in [5, 5.41) is 20.6. The molecule has 0 amide bonds. The molecule has 2 rings (SSSR count). The lowest BCUT2D eigenvalue weighted by atomic mass is 9.86. The van der Waals surface area contributed by atoms with Crippen LogP contribution in [0.25, 0.3) is 0 Å². The Hall–Kier alpha value is -1.32. The monoisotopic (exact) mass is 480 g/mol. The number of ether oxygens (including phenoxy) is 1. The molecule has 32 heavy (non-hydrogen) atoms. The maximum absolute atomic E-state index is 13.7. The van der Waals surface area contributed by atoms with Gasteiger partial charge < -0.3 is 14.9 Å². The van der Waals surface area contributed by atoms with Crippen molar-refractivity contribution in [3.63, 3.8) is 0 Å². The van der Waals surface area contributed by atoms with Crippen LogP contribution in [0.3, 0.4) is 0 Å². The predicted molar refractivity (Wildman–Crippen MR) is 114 cm³/mol. The smallest absolute Gasteiger partial charge is 0.305 e. The van der Waals surface area contributed by atoms with Crippen molar-refractivity contribution in [1.82, 2.24) is 0 Å². The molecule has 1 aliphatic carbocycles. The van der Waals surface area contributed by atoms with Crippen LogP contribution < -0.4 is 0 Å². The molecule has 0 aliphatic heterocycles. The van der Waals surface area contributed by atoms with Crippen LogP contribution in [-0.4, -0.2) is 41.3 Å². The van der Waals surface area contributed by atoms with Gasteiger partial charge in [0.2, 0.25) is 0 Å². The van der Waals surface area contributed by atoms with Crippen molar-refractivity contribution in [3.8, 4) is 0 Å². The lowest BCUT2D eigenvalue weighted by Gasteiger charge is -2.23. The van der Waals surface area contributed by atoms with E-state index in [-0.39, 0.29) is 23.7 Å². The van der Waals surface area contributed by atoms with Crippen molar-refractivity contribution in [1.29, 1.82) is 0 Å². The molecule has 0 heterocycles. The average molecular weight is 481 g/mol. The summed E-state index contributed by atoms with van der Waals surface area (Å²) in [6.45, 7) is 0. The molecule has 4 atom stereocenters. The summed E-state index contributed by atoms with van der Waals surface area (Å²) < 4.78 is 58.7. The number of halogens is 4. The number of thioether (sulfide) groups is 1. The van der Waals surface area contributed by atoms with Gasteiger partial charge in [-0.1, -0.05) is 25.7 Å². The summed E-state index contributed by atoms with van der Waals surface area (Å²) in [4.78, 5) is 10.3. The number of hydrogen-bond donors (Lipinski definition) is 2. The summed E-state index contributed by atoms with van der Waals surface area (Å²) in [6, 6.07) is 0.159. The third-order valence-corrected chi connectivity index (χ3v) is 7.39. The zero-order chi connectivity index (χ0) is 23.7. The summed E-state index contributed by atoms with van der Waals surface area (Å²) in [5.74, 6) is -5.77. The highest BCUT2D eigenvalue weighted by Gasteiger charge is 2.34. The molecular weight excluding hydrogens is 448 g/mol. The Morgan fingerprint density at radius 2 is 1.75 bits per heavy atom. The Bertz CT molecular complexity index is 723. The van der Waals surface area contributed by atoms with E-state index in [9.17, 15) is 32.6 Å². The van der Waals surface area contributed by atoms with E-state index in [2.05, 4.69) is 4.74 Å². The standard InChI is InChI=1S/C23H32F4O4S/c1-31-20(30)7-5-3-2-4-6-14-8-11-19(29)16(14)10-9-15(28)13-32-23-21(26)17(24)12-18(25)22(23)27/h12,14-16,19,28-29H,2-11,13H2,1H3/t14?,15?,16?,19-/m1/s1. The summed E-state index contributed by atoms with van der Waals surface area (Å²) >= 11 is 0.544. The van der Waals surface area contributed by atoms with Gasteiger partial charge in [0.1, 0.15) is 0 Å². The molecule has 1 aliphatic rings. The van der Waals surface area contributed by atoms with Gasteiger partial charge >= 0.3 is 5.97 Å². The second-order valence-electron chi connectivity index (χ2n) is 8.44. The lowest BCUT2D eigenvalue weighted by molar-refractivity contribution is -0.140. The lowest BCUT2D eigenvalue weighted by Crippen LogP contribution is -2.22. The van der Waals surface area contributed by atoms with E-state index in [1.54, 1.807) is 0 Å². The molecule has 1 saturated carbocycles. The maximum Gasteiger partial charge on any atom is 0.305 e. The van der Waals surface area contributed by atoms with Gasteiger partial charge in [-0.25, -0.2) is 17.6 Å². The second-order valence-corrected chi connectivity index (χ2v) is 9.47. The van der Waals surface area contributed by atoms with Crippen molar-refractivity contribution in [2.75, 3.05) is 12.9 Å². The molecule has 182 valence electrons. The van der Waals surface area contributed by atoms with E-state index < -0.39 is 40.4 Å². The molecule has 3 unspecified atom stereocenters. The van der Waals surface area contributed by atoms with Crippen molar-refractivity contribution >= 4 is 17.7 Å². The molecule has 0 aromatic heterocycles. The summed E-state index contributed by atoms with van der Waals surface area (Å²) in [7, 11) is 1.38. The third-order valence-electron chi connectivity index (χ3n) is 6.19. The van der Waals surface area contributed by atoms with Crippen LogP contribution >= 0.6 is 11.8 Å². The Balaban J connectivity index is 1.73. The molecule has 0 bridgehead atoms. The van der Waals surface area contributed by atoms with Gasteiger partial charge in [0.25, 0.3) is 0 Å². The number of methoxy groups -OCH3 is 1. The molecule has 0 radical (unpaired) electrons. The molecule has 2 N–H and O–H groups in total. The molecule has 4 nitrogen and oxygen atoms in total. The number of esters is 1. The van der Waals surface area contributed by atoms with Crippen LogP contribution in [0.4, 0.5) is 17.6 Å². The number of carbonyl (C=O) groups excluding carboxylic acids is 1. The van der Waals surface area contributed by atoms with E-state index in [4.69, 9.17) is 0 Å². The van der Waals surface area contributed by atoms with Gasteiger partial charge in [0.15, 0.2) is 23.3 Å². The summed E-state index contributed by atoms with van der Waals surface area (Å²) in [5.41, 5.74) is 0. The van der Waals surface area contributed by atoms with Crippen LogP contribution in [0.15, 0.2) is 11.0 Å².